The Morgan fingerprint density at radius 1 is 1.43 bits per heavy atom. The second-order valence-corrected chi connectivity index (χ2v) is 4.52. The van der Waals surface area contributed by atoms with Crippen LogP contribution in [0.5, 0.6) is 17.2 Å². The zero-order chi connectivity index (χ0) is 15.2. The standard InChI is InChI=1S/C12H10F2N2O5/c1-16(7-5-15-10(7)17)11(18)19-6-2-3-8-9(4-6)21-12(13,14)20-8/h2-4,7H,5H2,1H3,(H,15,17)/t7-/m0/s1. The number of likely N-dealkylation sites (N-methyl/N-ethyl adjacent to an activating group) is 1. The summed E-state index contributed by atoms with van der Waals surface area (Å²) in [4.78, 5) is 24.1. The van der Waals surface area contributed by atoms with Gasteiger partial charge >= 0.3 is 12.4 Å². The molecule has 0 aromatic heterocycles. The molecular formula is C12H10F2N2O5. The molecule has 2 amide bonds. The van der Waals surface area contributed by atoms with Gasteiger partial charge in [0.1, 0.15) is 11.8 Å². The van der Waals surface area contributed by atoms with Crippen LogP contribution in [0.3, 0.4) is 0 Å². The third-order valence-electron chi connectivity index (χ3n) is 3.11. The molecule has 0 aliphatic carbocycles. The van der Waals surface area contributed by atoms with Gasteiger partial charge in [-0.1, -0.05) is 0 Å². The minimum Gasteiger partial charge on any atom is -0.410 e. The van der Waals surface area contributed by atoms with Crippen LogP contribution in [0, 0.1) is 0 Å². The molecule has 7 nitrogen and oxygen atoms in total. The molecule has 112 valence electrons. The van der Waals surface area contributed by atoms with Crippen LogP contribution in [-0.2, 0) is 4.79 Å². The normalized spacial score (nSPS) is 21.3. The molecular weight excluding hydrogens is 290 g/mol. The van der Waals surface area contributed by atoms with Crippen molar-refractivity contribution in [2.24, 2.45) is 0 Å². The van der Waals surface area contributed by atoms with Crippen molar-refractivity contribution in [3.05, 3.63) is 18.2 Å². The number of β-lactam (4-membered cyclic amide) rings is 1. The second-order valence-electron chi connectivity index (χ2n) is 4.52. The highest BCUT2D eigenvalue weighted by Crippen LogP contribution is 2.42. The first-order chi connectivity index (χ1) is 9.85. The van der Waals surface area contributed by atoms with Crippen molar-refractivity contribution in [2.45, 2.75) is 12.3 Å². The summed E-state index contributed by atoms with van der Waals surface area (Å²) >= 11 is 0. The van der Waals surface area contributed by atoms with Crippen LogP contribution in [0.4, 0.5) is 13.6 Å². The molecule has 0 unspecified atom stereocenters. The topological polar surface area (TPSA) is 77.1 Å². The Hall–Kier alpha value is -2.58. The van der Waals surface area contributed by atoms with Crippen molar-refractivity contribution < 1.29 is 32.6 Å². The molecule has 0 bridgehead atoms. The van der Waals surface area contributed by atoms with Gasteiger partial charge in [0.25, 0.3) is 0 Å². The highest BCUT2D eigenvalue weighted by Gasteiger charge is 2.43. The lowest BCUT2D eigenvalue weighted by molar-refractivity contribution is -0.286. The van der Waals surface area contributed by atoms with Crippen molar-refractivity contribution >= 4 is 12.0 Å². The van der Waals surface area contributed by atoms with Gasteiger partial charge in [0.05, 0.1) is 0 Å². The minimum absolute atomic E-state index is 0.00614. The van der Waals surface area contributed by atoms with E-state index in [4.69, 9.17) is 4.74 Å². The number of nitrogens with zero attached hydrogens (tertiary/aromatic N) is 1. The number of nitrogens with one attached hydrogen (secondary N) is 1. The molecule has 1 N–H and O–H groups in total. The molecule has 2 aliphatic heterocycles. The van der Waals surface area contributed by atoms with Crippen LogP contribution < -0.4 is 19.5 Å². The van der Waals surface area contributed by atoms with E-state index < -0.39 is 18.4 Å². The van der Waals surface area contributed by atoms with E-state index in [9.17, 15) is 18.4 Å². The zero-order valence-corrected chi connectivity index (χ0v) is 10.8. The summed E-state index contributed by atoms with van der Waals surface area (Å²) in [5.74, 6) is -0.646. The number of carbonyl (C=O) groups excluding carboxylic acids is 2. The van der Waals surface area contributed by atoms with E-state index >= 15 is 0 Å². The lowest BCUT2D eigenvalue weighted by Gasteiger charge is -2.33. The Bertz CT molecular complexity index is 622. The molecule has 21 heavy (non-hydrogen) atoms. The largest absolute Gasteiger partial charge is 0.586 e. The number of fused-ring (bicyclic) bond motifs is 1. The first-order valence-corrected chi connectivity index (χ1v) is 5.98. The lowest BCUT2D eigenvalue weighted by atomic mass is 10.1. The van der Waals surface area contributed by atoms with Crippen molar-refractivity contribution in [3.63, 3.8) is 0 Å². The molecule has 0 saturated carbocycles. The molecule has 1 saturated heterocycles. The number of ether oxygens (including phenoxy) is 3. The summed E-state index contributed by atoms with van der Waals surface area (Å²) in [6.45, 7) is 0.345. The fourth-order valence-corrected chi connectivity index (χ4v) is 1.88. The molecule has 3 rings (SSSR count). The molecule has 1 atom stereocenters. The van der Waals surface area contributed by atoms with Gasteiger partial charge in [0.15, 0.2) is 11.5 Å². The summed E-state index contributed by atoms with van der Waals surface area (Å²) in [6.07, 6.45) is -4.51. The summed E-state index contributed by atoms with van der Waals surface area (Å²) in [6, 6.07) is 3.02. The second kappa shape index (κ2) is 4.47. The molecule has 0 radical (unpaired) electrons. The third kappa shape index (κ3) is 2.41. The fourth-order valence-electron chi connectivity index (χ4n) is 1.88. The monoisotopic (exact) mass is 300 g/mol. The number of alkyl halides is 2. The lowest BCUT2D eigenvalue weighted by Crippen LogP contribution is -2.62. The Morgan fingerprint density at radius 2 is 2.14 bits per heavy atom. The minimum atomic E-state index is -3.73. The summed E-state index contributed by atoms with van der Waals surface area (Å²) in [7, 11) is 1.41. The van der Waals surface area contributed by atoms with Crippen LogP contribution in [0.25, 0.3) is 0 Å². The van der Waals surface area contributed by atoms with Crippen LogP contribution in [0.1, 0.15) is 0 Å². The van der Waals surface area contributed by atoms with E-state index in [2.05, 4.69) is 14.8 Å². The predicted octanol–water partition coefficient (Wildman–Crippen LogP) is 0.937. The molecule has 0 spiro atoms. The molecule has 1 aromatic carbocycles. The summed E-state index contributed by atoms with van der Waals surface area (Å²) in [5.41, 5.74) is 0. The van der Waals surface area contributed by atoms with E-state index in [1.54, 1.807) is 0 Å². The SMILES string of the molecule is CN(C(=O)Oc1ccc2c(c1)OC(F)(F)O2)[C@H]1CNC1=O. The average Bonchev–Trinajstić information content (AvgIpc) is 2.70. The summed E-state index contributed by atoms with van der Waals surface area (Å²) in [5, 5.41) is 2.49. The maximum atomic E-state index is 12.9. The molecule has 2 heterocycles. The molecule has 9 heteroatoms. The van der Waals surface area contributed by atoms with Gasteiger partial charge in [0, 0.05) is 19.7 Å². The van der Waals surface area contributed by atoms with E-state index in [1.807, 2.05) is 0 Å². The number of hydrogen-bond donors (Lipinski definition) is 1. The molecule has 1 aromatic rings. The first-order valence-electron chi connectivity index (χ1n) is 5.98. The number of carbonyl (C=O) groups is 2. The molecule has 1 fully saturated rings. The number of benzene rings is 1. The Kier molecular flexibility index (Phi) is 2.85. The zero-order valence-electron chi connectivity index (χ0n) is 10.8. The number of hydrogen-bond acceptors (Lipinski definition) is 5. The van der Waals surface area contributed by atoms with Crippen molar-refractivity contribution in [1.82, 2.24) is 10.2 Å². The maximum absolute atomic E-state index is 12.9. The molecule has 2 aliphatic rings. The number of amides is 2. The van der Waals surface area contributed by atoms with Crippen molar-refractivity contribution in [2.75, 3.05) is 13.6 Å². The Balaban J connectivity index is 1.69. The van der Waals surface area contributed by atoms with E-state index in [0.717, 1.165) is 11.0 Å². The van der Waals surface area contributed by atoms with Crippen LogP contribution in [-0.4, -0.2) is 42.8 Å². The van der Waals surface area contributed by atoms with Gasteiger partial charge in [0.2, 0.25) is 5.91 Å². The van der Waals surface area contributed by atoms with Gasteiger partial charge < -0.3 is 19.5 Å². The van der Waals surface area contributed by atoms with Gasteiger partial charge in [-0.3, -0.25) is 9.69 Å². The van der Waals surface area contributed by atoms with Crippen molar-refractivity contribution in [3.8, 4) is 17.2 Å². The van der Waals surface area contributed by atoms with Gasteiger partial charge in [-0.2, -0.15) is 0 Å². The number of rotatable bonds is 2. The quantitative estimate of drug-likeness (QED) is 0.822. The smallest absolute Gasteiger partial charge is 0.410 e. The number of halogens is 2. The van der Waals surface area contributed by atoms with E-state index in [1.165, 1.54) is 19.2 Å². The van der Waals surface area contributed by atoms with Crippen LogP contribution >= 0.6 is 0 Å². The van der Waals surface area contributed by atoms with Gasteiger partial charge in [-0.15, -0.1) is 8.78 Å². The third-order valence-corrected chi connectivity index (χ3v) is 3.11. The van der Waals surface area contributed by atoms with Gasteiger partial charge in [-0.25, -0.2) is 4.79 Å². The van der Waals surface area contributed by atoms with E-state index in [0.29, 0.717) is 6.54 Å². The average molecular weight is 300 g/mol. The van der Waals surface area contributed by atoms with Crippen LogP contribution in [0.2, 0.25) is 0 Å². The Labute approximate surface area is 117 Å². The highest BCUT2D eigenvalue weighted by atomic mass is 19.3. The Morgan fingerprint density at radius 3 is 2.76 bits per heavy atom. The summed E-state index contributed by atoms with van der Waals surface area (Å²) < 4.78 is 39.2. The van der Waals surface area contributed by atoms with Crippen molar-refractivity contribution in [1.29, 1.82) is 0 Å². The maximum Gasteiger partial charge on any atom is 0.586 e. The highest BCUT2D eigenvalue weighted by molar-refractivity contribution is 5.91. The first kappa shape index (κ1) is 13.4. The fraction of sp³-hybridized carbons (Fsp3) is 0.333. The van der Waals surface area contributed by atoms with Gasteiger partial charge in [-0.05, 0) is 12.1 Å². The predicted molar refractivity (Wildman–Crippen MR) is 63.2 cm³/mol. The van der Waals surface area contributed by atoms with Crippen LogP contribution in [0.15, 0.2) is 18.2 Å². The van der Waals surface area contributed by atoms with E-state index in [-0.39, 0.29) is 23.2 Å².